The van der Waals surface area contributed by atoms with Crippen LogP contribution in [0.4, 0.5) is 5.69 Å². The quantitative estimate of drug-likeness (QED) is 0.840. The second-order valence-corrected chi connectivity index (χ2v) is 4.31. The van der Waals surface area contributed by atoms with Crippen molar-refractivity contribution in [3.63, 3.8) is 0 Å². The highest BCUT2D eigenvalue weighted by Crippen LogP contribution is 2.18. The van der Waals surface area contributed by atoms with E-state index in [1.807, 2.05) is 24.3 Å². The number of nitrogens with zero attached hydrogens (tertiary/aromatic N) is 1. The standard InChI is InChI=1S/C11H9BrN2O2/c1-14-10(15)6-9(11(14)16)13-8-4-2-7(12)3-5-8/h2-6,13H,1H3. The van der Waals surface area contributed by atoms with E-state index in [4.69, 9.17) is 0 Å². The Morgan fingerprint density at radius 1 is 1.19 bits per heavy atom. The monoisotopic (exact) mass is 280 g/mol. The fraction of sp³-hybridized carbons (Fsp3) is 0.0909. The molecule has 2 amide bonds. The molecule has 0 bridgehead atoms. The minimum atomic E-state index is -0.312. The van der Waals surface area contributed by atoms with Crippen molar-refractivity contribution in [1.29, 1.82) is 0 Å². The van der Waals surface area contributed by atoms with Crippen LogP contribution < -0.4 is 5.32 Å². The maximum absolute atomic E-state index is 11.6. The molecular formula is C11H9BrN2O2. The van der Waals surface area contributed by atoms with Gasteiger partial charge in [0.05, 0.1) is 0 Å². The van der Waals surface area contributed by atoms with Gasteiger partial charge in [-0.25, -0.2) is 0 Å². The van der Waals surface area contributed by atoms with Crippen LogP contribution in [0.15, 0.2) is 40.5 Å². The number of halogens is 1. The van der Waals surface area contributed by atoms with E-state index in [-0.39, 0.29) is 11.8 Å². The second-order valence-electron chi connectivity index (χ2n) is 3.39. The normalized spacial score (nSPS) is 15.4. The van der Waals surface area contributed by atoms with Gasteiger partial charge in [0.25, 0.3) is 11.8 Å². The van der Waals surface area contributed by atoms with Gasteiger partial charge in [-0.3, -0.25) is 14.5 Å². The third-order valence-corrected chi connectivity index (χ3v) is 2.79. The summed E-state index contributed by atoms with van der Waals surface area (Å²) in [5.74, 6) is -0.613. The first-order chi connectivity index (χ1) is 7.58. The molecule has 1 aliphatic rings. The smallest absolute Gasteiger partial charge is 0.277 e. The van der Waals surface area contributed by atoms with Gasteiger partial charge in [0.15, 0.2) is 0 Å². The predicted molar refractivity (Wildman–Crippen MR) is 63.6 cm³/mol. The number of rotatable bonds is 2. The van der Waals surface area contributed by atoms with Crippen molar-refractivity contribution in [2.75, 3.05) is 12.4 Å². The van der Waals surface area contributed by atoms with Crippen LogP contribution in [-0.4, -0.2) is 23.8 Å². The minimum Gasteiger partial charge on any atom is -0.351 e. The Morgan fingerprint density at radius 2 is 1.81 bits per heavy atom. The van der Waals surface area contributed by atoms with Crippen LogP contribution in [0.2, 0.25) is 0 Å². The Kier molecular flexibility index (Phi) is 2.78. The zero-order chi connectivity index (χ0) is 11.7. The summed E-state index contributed by atoms with van der Waals surface area (Å²) in [5, 5.41) is 2.91. The second kappa shape index (κ2) is 4.09. The van der Waals surface area contributed by atoms with Crippen molar-refractivity contribution in [3.05, 3.63) is 40.5 Å². The van der Waals surface area contributed by atoms with E-state index in [2.05, 4.69) is 21.2 Å². The van der Waals surface area contributed by atoms with Crippen LogP contribution >= 0.6 is 15.9 Å². The molecule has 1 aromatic carbocycles. The zero-order valence-electron chi connectivity index (χ0n) is 8.53. The predicted octanol–water partition coefficient (Wildman–Crippen LogP) is 1.74. The van der Waals surface area contributed by atoms with Gasteiger partial charge in [0.2, 0.25) is 0 Å². The fourth-order valence-electron chi connectivity index (χ4n) is 1.34. The molecule has 4 nitrogen and oxygen atoms in total. The third kappa shape index (κ3) is 1.99. The first-order valence-electron chi connectivity index (χ1n) is 4.64. The van der Waals surface area contributed by atoms with Crippen LogP contribution in [0.5, 0.6) is 0 Å². The number of hydrogen-bond donors (Lipinski definition) is 1. The van der Waals surface area contributed by atoms with Crippen LogP contribution in [0.1, 0.15) is 0 Å². The Labute approximate surface area is 101 Å². The van der Waals surface area contributed by atoms with Crippen LogP contribution in [-0.2, 0) is 9.59 Å². The summed E-state index contributed by atoms with van der Waals surface area (Å²) in [4.78, 5) is 23.8. The number of carbonyl (C=O) groups excluding carboxylic acids is 2. The third-order valence-electron chi connectivity index (χ3n) is 2.26. The van der Waals surface area contributed by atoms with Gasteiger partial charge in [-0.2, -0.15) is 0 Å². The molecule has 16 heavy (non-hydrogen) atoms. The summed E-state index contributed by atoms with van der Waals surface area (Å²) in [6.45, 7) is 0. The number of anilines is 1. The van der Waals surface area contributed by atoms with Gasteiger partial charge in [-0.15, -0.1) is 0 Å². The van der Waals surface area contributed by atoms with Crippen LogP contribution in [0, 0.1) is 0 Å². The van der Waals surface area contributed by atoms with E-state index >= 15 is 0 Å². The molecule has 0 fully saturated rings. The number of amides is 2. The van der Waals surface area contributed by atoms with Gasteiger partial charge in [-0.05, 0) is 24.3 Å². The molecule has 82 valence electrons. The zero-order valence-corrected chi connectivity index (χ0v) is 10.1. The van der Waals surface area contributed by atoms with Gasteiger partial charge in [0, 0.05) is 23.3 Å². The maximum atomic E-state index is 11.6. The molecule has 0 radical (unpaired) electrons. The van der Waals surface area contributed by atoms with Crippen molar-refractivity contribution in [2.45, 2.75) is 0 Å². The van der Waals surface area contributed by atoms with E-state index < -0.39 is 0 Å². The van der Waals surface area contributed by atoms with Crippen molar-refractivity contribution < 1.29 is 9.59 Å². The number of benzene rings is 1. The number of nitrogens with one attached hydrogen (secondary N) is 1. The molecule has 1 aliphatic heterocycles. The average Bonchev–Trinajstić information content (AvgIpc) is 2.50. The first kappa shape index (κ1) is 10.9. The number of carbonyl (C=O) groups is 2. The minimum absolute atomic E-state index is 0.301. The maximum Gasteiger partial charge on any atom is 0.277 e. The van der Waals surface area contributed by atoms with Gasteiger partial charge in [-0.1, -0.05) is 15.9 Å². The molecule has 0 saturated carbocycles. The Bertz CT molecular complexity index is 479. The van der Waals surface area contributed by atoms with Crippen LogP contribution in [0.3, 0.4) is 0 Å². The summed E-state index contributed by atoms with van der Waals surface area (Å²) < 4.78 is 0.956. The molecule has 0 aromatic heterocycles. The summed E-state index contributed by atoms with van der Waals surface area (Å²) in [6, 6.07) is 7.35. The lowest BCUT2D eigenvalue weighted by Crippen LogP contribution is -2.27. The highest BCUT2D eigenvalue weighted by Gasteiger charge is 2.27. The summed E-state index contributed by atoms with van der Waals surface area (Å²) in [7, 11) is 1.46. The molecule has 1 heterocycles. The van der Waals surface area contributed by atoms with Crippen molar-refractivity contribution in [2.24, 2.45) is 0 Å². The summed E-state index contributed by atoms with van der Waals surface area (Å²) >= 11 is 3.32. The van der Waals surface area contributed by atoms with E-state index in [0.717, 1.165) is 15.1 Å². The fourth-order valence-corrected chi connectivity index (χ4v) is 1.61. The Balaban J connectivity index is 2.17. The number of likely N-dealkylation sites (N-methyl/N-ethyl adjacent to an activating group) is 1. The summed E-state index contributed by atoms with van der Waals surface area (Å²) in [5.41, 5.74) is 1.07. The highest BCUT2D eigenvalue weighted by atomic mass is 79.9. The topological polar surface area (TPSA) is 49.4 Å². The molecule has 1 N–H and O–H groups in total. The van der Waals surface area contributed by atoms with E-state index in [9.17, 15) is 9.59 Å². The summed E-state index contributed by atoms with van der Waals surface area (Å²) in [6.07, 6.45) is 1.30. The molecule has 0 spiro atoms. The van der Waals surface area contributed by atoms with Crippen molar-refractivity contribution in [3.8, 4) is 0 Å². The number of imide groups is 1. The largest absolute Gasteiger partial charge is 0.351 e. The lowest BCUT2D eigenvalue weighted by molar-refractivity contribution is -0.135. The van der Waals surface area contributed by atoms with Crippen molar-refractivity contribution >= 4 is 33.4 Å². The van der Waals surface area contributed by atoms with Gasteiger partial charge in [0.1, 0.15) is 5.70 Å². The molecule has 0 saturated heterocycles. The Morgan fingerprint density at radius 3 is 2.31 bits per heavy atom. The molecular weight excluding hydrogens is 272 g/mol. The molecule has 0 atom stereocenters. The Hall–Kier alpha value is -1.62. The van der Waals surface area contributed by atoms with Crippen molar-refractivity contribution in [1.82, 2.24) is 4.90 Å². The molecule has 5 heteroatoms. The molecule has 0 unspecified atom stereocenters. The lowest BCUT2D eigenvalue weighted by Gasteiger charge is -2.08. The molecule has 0 aliphatic carbocycles. The average molecular weight is 281 g/mol. The van der Waals surface area contributed by atoms with Gasteiger partial charge < -0.3 is 5.32 Å². The molecule has 1 aromatic rings. The van der Waals surface area contributed by atoms with Gasteiger partial charge >= 0.3 is 0 Å². The van der Waals surface area contributed by atoms with E-state index in [1.165, 1.54) is 13.1 Å². The highest BCUT2D eigenvalue weighted by molar-refractivity contribution is 9.10. The van der Waals surface area contributed by atoms with E-state index in [0.29, 0.717) is 5.70 Å². The lowest BCUT2D eigenvalue weighted by atomic mass is 10.3. The molecule has 2 rings (SSSR count). The van der Waals surface area contributed by atoms with Crippen LogP contribution in [0.25, 0.3) is 0 Å². The van der Waals surface area contributed by atoms with E-state index in [1.54, 1.807) is 0 Å². The SMILES string of the molecule is CN1C(=O)C=C(Nc2ccc(Br)cc2)C1=O. The first-order valence-corrected chi connectivity index (χ1v) is 5.43. The number of hydrogen-bond acceptors (Lipinski definition) is 3.